The predicted molar refractivity (Wildman–Crippen MR) is 214 cm³/mol. The van der Waals surface area contributed by atoms with Crippen molar-refractivity contribution in [3.8, 4) is 5.75 Å². The van der Waals surface area contributed by atoms with Gasteiger partial charge in [0.1, 0.15) is 31.6 Å². The summed E-state index contributed by atoms with van der Waals surface area (Å²) in [5.74, 6) is -1.69. The van der Waals surface area contributed by atoms with Gasteiger partial charge in [0.15, 0.2) is 0 Å². The highest BCUT2D eigenvalue weighted by atomic mass is 16.6. The van der Waals surface area contributed by atoms with Gasteiger partial charge in [-0.3, -0.25) is 9.59 Å². The fourth-order valence-corrected chi connectivity index (χ4v) is 5.84. The van der Waals surface area contributed by atoms with Crippen molar-refractivity contribution >= 4 is 23.9 Å². The number of allylic oxidation sites excluding steroid dienone is 1. The number of hydrogen-bond acceptors (Lipinski definition) is 8. The molecule has 0 radical (unpaired) electrons. The molecule has 0 aliphatic carbocycles. The van der Waals surface area contributed by atoms with E-state index in [0.717, 1.165) is 22.3 Å². The Morgan fingerprint density at radius 1 is 0.625 bits per heavy atom. The van der Waals surface area contributed by atoms with Gasteiger partial charge < -0.3 is 35.3 Å². The van der Waals surface area contributed by atoms with Crippen LogP contribution in [0.1, 0.15) is 41.5 Å². The molecular weight excluding hydrogens is 711 g/mol. The fourth-order valence-electron chi connectivity index (χ4n) is 5.84. The number of benzene rings is 4. The fraction of sp³-hybridized carbons (Fsp3) is 0.289. The van der Waals surface area contributed by atoms with Crippen LogP contribution in [0.4, 0.5) is 4.79 Å². The van der Waals surface area contributed by atoms with Gasteiger partial charge in [-0.05, 0) is 60.1 Å². The minimum Gasteiger partial charge on any atom is -0.489 e. The van der Waals surface area contributed by atoms with Crippen LogP contribution in [0.2, 0.25) is 0 Å². The van der Waals surface area contributed by atoms with Crippen LogP contribution >= 0.6 is 0 Å². The van der Waals surface area contributed by atoms with Gasteiger partial charge >= 0.3 is 12.1 Å². The number of ether oxygens (including phenoxy) is 3. The molecule has 0 saturated carbocycles. The smallest absolute Gasteiger partial charge is 0.408 e. The quantitative estimate of drug-likeness (QED) is 0.0530. The first-order valence-corrected chi connectivity index (χ1v) is 18.6. The van der Waals surface area contributed by atoms with Gasteiger partial charge in [0, 0.05) is 6.42 Å². The van der Waals surface area contributed by atoms with Gasteiger partial charge in [0.2, 0.25) is 11.8 Å². The molecule has 294 valence electrons. The average Bonchev–Trinajstić information content (AvgIpc) is 3.22. The largest absolute Gasteiger partial charge is 0.489 e. The van der Waals surface area contributed by atoms with Gasteiger partial charge in [-0.25, -0.2) is 9.59 Å². The van der Waals surface area contributed by atoms with E-state index < -0.39 is 47.9 Å². The van der Waals surface area contributed by atoms with Crippen LogP contribution in [0.25, 0.3) is 0 Å². The molecule has 0 saturated heterocycles. The molecule has 0 aliphatic rings. The van der Waals surface area contributed by atoms with Crippen molar-refractivity contribution in [3.63, 3.8) is 0 Å². The van der Waals surface area contributed by atoms with Crippen LogP contribution in [0.3, 0.4) is 0 Å². The van der Waals surface area contributed by atoms with Gasteiger partial charge in [0.05, 0.1) is 24.6 Å². The van der Waals surface area contributed by atoms with Gasteiger partial charge in [0.25, 0.3) is 0 Å². The molecule has 0 heterocycles. The number of carbonyl (C=O) groups excluding carboxylic acids is 4. The number of carbonyl (C=O) groups is 4. The molecule has 56 heavy (non-hydrogen) atoms. The lowest BCUT2D eigenvalue weighted by Gasteiger charge is -2.24. The monoisotopic (exact) mass is 761 g/mol. The van der Waals surface area contributed by atoms with Crippen LogP contribution in [0.15, 0.2) is 141 Å². The summed E-state index contributed by atoms with van der Waals surface area (Å²) in [6.45, 7) is 7.39. The van der Waals surface area contributed by atoms with Gasteiger partial charge in [-0.1, -0.05) is 115 Å². The second kappa shape index (κ2) is 23.6. The Morgan fingerprint density at radius 3 is 1.77 bits per heavy atom. The number of nitrogens with one attached hydrogen (secondary N) is 3. The summed E-state index contributed by atoms with van der Waals surface area (Å²) in [4.78, 5) is 52.8. The maximum absolute atomic E-state index is 13.8. The average molecular weight is 762 g/mol. The van der Waals surface area contributed by atoms with Crippen molar-refractivity contribution in [1.82, 2.24) is 16.0 Å². The Morgan fingerprint density at radius 2 is 1.18 bits per heavy atom. The third-order valence-electron chi connectivity index (χ3n) is 8.78. The molecule has 0 aliphatic heterocycles. The summed E-state index contributed by atoms with van der Waals surface area (Å²) in [5, 5.41) is 18.3. The van der Waals surface area contributed by atoms with Crippen LogP contribution in [0.5, 0.6) is 5.75 Å². The summed E-state index contributed by atoms with van der Waals surface area (Å²) in [6.07, 6.45) is 3.08. The Hall–Kier alpha value is -6.20. The van der Waals surface area contributed by atoms with E-state index in [2.05, 4.69) is 29.1 Å². The van der Waals surface area contributed by atoms with Crippen molar-refractivity contribution in [2.24, 2.45) is 5.92 Å². The van der Waals surface area contributed by atoms with Gasteiger partial charge in [-0.2, -0.15) is 0 Å². The minimum absolute atomic E-state index is 0.0182. The van der Waals surface area contributed by atoms with E-state index in [4.69, 9.17) is 14.2 Å². The molecule has 0 aromatic heterocycles. The van der Waals surface area contributed by atoms with Crippen molar-refractivity contribution < 1.29 is 38.5 Å². The lowest BCUT2D eigenvalue weighted by Crippen LogP contribution is -2.47. The first-order valence-electron chi connectivity index (χ1n) is 18.6. The van der Waals surface area contributed by atoms with Crippen molar-refractivity contribution in [2.45, 2.75) is 63.4 Å². The summed E-state index contributed by atoms with van der Waals surface area (Å²) in [5.41, 5.74) is 3.59. The molecule has 4 aromatic carbocycles. The number of esters is 1. The molecule has 4 atom stereocenters. The Balaban J connectivity index is 1.42. The Labute approximate surface area is 328 Å². The molecule has 0 spiro atoms. The predicted octanol–water partition coefficient (Wildman–Crippen LogP) is 6.01. The maximum Gasteiger partial charge on any atom is 0.408 e. The highest BCUT2D eigenvalue weighted by Gasteiger charge is 2.27. The van der Waals surface area contributed by atoms with E-state index in [1.165, 1.54) is 6.08 Å². The molecule has 0 fully saturated rings. The summed E-state index contributed by atoms with van der Waals surface area (Å²) in [6, 6.07) is 33.4. The van der Waals surface area contributed by atoms with E-state index in [1.807, 2.05) is 115 Å². The van der Waals surface area contributed by atoms with E-state index in [0.29, 0.717) is 18.8 Å². The number of rotatable bonds is 23. The molecule has 3 amide bonds. The minimum atomic E-state index is -1.08. The zero-order chi connectivity index (χ0) is 40.0. The number of hydrogen-bond donors (Lipinski definition) is 4. The maximum atomic E-state index is 13.8. The second-order valence-electron chi connectivity index (χ2n) is 13.3. The topological polar surface area (TPSA) is 152 Å². The molecular formula is C45H51N3O8. The Bertz CT molecular complexity index is 1820. The molecule has 4 N–H and O–H groups in total. The highest BCUT2D eigenvalue weighted by molar-refractivity contribution is 5.86. The standard InChI is InChI=1S/C45H51N3O8/c1-3-14-37(28-42(50)46-38(29-49)26-33-16-8-5-9-17-33)43(51)47-39(27-34-22-24-40(25-23-34)54-30-35-18-10-6-11-19-35)32-55-44(52)41(15-4-2)48-45(53)56-31-36-20-12-7-13-21-36/h3-13,16-25,37-39,41,49H,1-2,14-15,26-32H2,(H,46,50)(H,47,51)(H,48,53)/t37-,38-,39+,41-/m1/s1. The van der Waals surface area contributed by atoms with Crippen LogP contribution in [-0.4, -0.2) is 60.3 Å². The normalized spacial score (nSPS) is 12.8. The second-order valence-corrected chi connectivity index (χ2v) is 13.3. The SMILES string of the molecule is C=CC[C@H](CC(=O)N[C@@H](CO)Cc1ccccc1)C(=O)N[C@H](COC(=O)[C@@H](CC=C)NC(=O)OCc1ccccc1)Cc1ccc(OCc2ccccc2)cc1. The van der Waals surface area contributed by atoms with Crippen LogP contribution < -0.4 is 20.7 Å². The van der Waals surface area contributed by atoms with E-state index in [9.17, 15) is 24.3 Å². The Kier molecular flexibility index (Phi) is 17.9. The third kappa shape index (κ3) is 15.3. The van der Waals surface area contributed by atoms with Crippen molar-refractivity contribution in [3.05, 3.63) is 163 Å². The number of alkyl carbamates (subject to hydrolysis) is 1. The molecule has 4 aromatic rings. The van der Waals surface area contributed by atoms with Crippen molar-refractivity contribution in [2.75, 3.05) is 13.2 Å². The van der Waals surface area contributed by atoms with E-state index >= 15 is 0 Å². The summed E-state index contributed by atoms with van der Waals surface area (Å²) in [7, 11) is 0. The molecule has 11 nitrogen and oxygen atoms in total. The highest BCUT2D eigenvalue weighted by Crippen LogP contribution is 2.17. The van der Waals surface area contributed by atoms with Crippen molar-refractivity contribution in [1.29, 1.82) is 0 Å². The van der Waals surface area contributed by atoms with Gasteiger partial charge in [-0.15, -0.1) is 13.2 Å². The van der Waals surface area contributed by atoms with Crippen LogP contribution in [-0.2, 0) is 49.9 Å². The number of amides is 3. The zero-order valence-corrected chi connectivity index (χ0v) is 31.5. The summed E-state index contributed by atoms with van der Waals surface area (Å²) >= 11 is 0. The van der Waals surface area contributed by atoms with E-state index in [1.54, 1.807) is 6.08 Å². The molecule has 0 bridgehead atoms. The molecule has 4 rings (SSSR count). The lowest BCUT2D eigenvalue weighted by atomic mass is 9.97. The van der Waals surface area contributed by atoms with Crippen LogP contribution in [0, 0.1) is 5.92 Å². The van der Waals surface area contributed by atoms with E-state index in [-0.39, 0.29) is 45.5 Å². The zero-order valence-electron chi connectivity index (χ0n) is 31.5. The molecule has 11 heteroatoms. The first-order chi connectivity index (χ1) is 27.3. The third-order valence-corrected chi connectivity index (χ3v) is 8.78. The first kappa shape index (κ1) is 42.5. The number of aliphatic hydroxyl groups excluding tert-OH is 1. The lowest BCUT2D eigenvalue weighted by molar-refractivity contribution is -0.147. The molecule has 0 unspecified atom stereocenters. The number of aliphatic hydroxyl groups is 1. The summed E-state index contributed by atoms with van der Waals surface area (Å²) < 4.78 is 16.9.